The van der Waals surface area contributed by atoms with Gasteiger partial charge in [-0.3, -0.25) is 4.79 Å². The number of hydrogen-bond donors (Lipinski definition) is 3. The molecule has 0 saturated carbocycles. The minimum atomic E-state index is -0.875. The lowest BCUT2D eigenvalue weighted by atomic mass is 10.0. The Hall–Kier alpha value is -2.17. The van der Waals surface area contributed by atoms with Gasteiger partial charge in [0.1, 0.15) is 0 Å². The Kier molecular flexibility index (Phi) is 63.2. The Bertz CT molecular complexity index is 1260. The number of hydrogen-bond acceptors (Lipinski definition) is 3. The molecule has 0 aliphatic heterocycles. The molecule has 4 nitrogen and oxygen atoms in total. The molecule has 432 valence electrons. The summed E-state index contributed by atoms with van der Waals surface area (Å²) in [5.41, 5.74) is 0. The Morgan fingerprint density at radius 3 is 0.878 bits per heavy atom. The number of carbonyl (C=O) groups excluding carboxylic acids is 1. The number of nitrogens with one attached hydrogen (secondary N) is 1. The molecule has 0 bridgehead atoms. The summed E-state index contributed by atoms with van der Waals surface area (Å²) in [6.45, 7) is 4.31. The fourth-order valence-electron chi connectivity index (χ4n) is 10.1. The first-order valence-electron chi connectivity index (χ1n) is 33.2. The van der Waals surface area contributed by atoms with Gasteiger partial charge in [-0.25, -0.2) is 0 Å². The van der Waals surface area contributed by atoms with Gasteiger partial charge in [0.05, 0.1) is 18.8 Å². The van der Waals surface area contributed by atoms with Crippen LogP contribution in [0, 0.1) is 0 Å². The van der Waals surface area contributed by atoms with E-state index in [1.54, 1.807) is 6.08 Å². The zero-order valence-electron chi connectivity index (χ0n) is 49.9. The molecule has 0 radical (unpaired) electrons. The van der Waals surface area contributed by atoms with Crippen molar-refractivity contribution in [1.82, 2.24) is 5.32 Å². The Balaban J connectivity index is 3.52. The van der Waals surface area contributed by atoms with E-state index in [0.29, 0.717) is 6.42 Å². The van der Waals surface area contributed by atoms with Gasteiger partial charge in [0.15, 0.2) is 0 Å². The molecular formula is C70H129NO3. The van der Waals surface area contributed by atoms with Crippen LogP contribution in [0.4, 0.5) is 0 Å². The highest BCUT2D eigenvalue weighted by atomic mass is 16.3. The van der Waals surface area contributed by atoms with Gasteiger partial charge < -0.3 is 15.5 Å². The van der Waals surface area contributed by atoms with Gasteiger partial charge in [0.25, 0.3) is 0 Å². The summed E-state index contributed by atoms with van der Waals surface area (Å²) < 4.78 is 0. The van der Waals surface area contributed by atoms with Crippen molar-refractivity contribution in [3.8, 4) is 0 Å². The van der Waals surface area contributed by atoms with Crippen LogP contribution in [0.5, 0.6) is 0 Å². The van der Waals surface area contributed by atoms with Gasteiger partial charge in [-0.15, -0.1) is 0 Å². The van der Waals surface area contributed by atoms with E-state index in [1.165, 1.54) is 276 Å². The number of amides is 1. The normalized spacial score (nSPS) is 13.2. The molecule has 3 N–H and O–H groups in total. The Morgan fingerprint density at radius 1 is 0.324 bits per heavy atom. The maximum absolute atomic E-state index is 12.5. The van der Waals surface area contributed by atoms with E-state index in [9.17, 15) is 15.0 Å². The summed E-state index contributed by atoms with van der Waals surface area (Å²) in [4.78, 5) is 12.5. The number of allylic oxidation sites excluding steroid dienone is 11. The quantitative estimate of drug-likeness (QED) is 0.0420. The first kappa shape index (κ1) is 71.8. The first-order chi connectivity index (χ1) is 36.7. The van der Waals surface area contributed by atoms with Crippen LogP contribution in [0.3, 0.4) is 0 Å². The summed E-state index contributed by atoms with van der Waals surface area (Å²) >= 11 is 0. The largest absolute Gasteiger partial charge is 0.394 e. The van der Waals surface area contributed by atoms with Gasteiger partial charge in [-0.2, -0.15) is 0 Å². The highest BCUT2D eigenvalue weighted by molar-refractivity contribution is 5.76. The summed E-state index contributed by atoms with van der Waals surface area (Å²) in [6.07, 6.45) is 94.0. The Labute approximate surface area is 463 Å². The highest BCUT2D eigenvalue weighted by Gasteiger charge is 2.18. The fourth-order valence-corrected chi connectivity index (χ4v) is 10.1. The van der Waals surface area contributed by atoms with Crippen LogP contribution in [0.2, 0.25) is 0 Å². The number of unbranched alkanes of at least 4 members (excludes halogenated alkanes) is 44. The van der Waals surface area contributed by atoms with E-state index in [-0.39, 0.29) is 12.5 Å². The molecule has 0 rings (SSSR count). The van der Waals surface area contributed by atoms with Crippen LogP contribution in [0.25, 0.3) is 0 Å². The fraction of sp³-hybridized carbons (Fsp3) is 0.814. The number of carbonyl (C=O) groups is 1. The molecule has 2 unspecified atom stereocenters. The van der Waals surface area contributed by atoms with Crippen molar-refractivity contribution in [2.75, 3.05) is 6.61 Å². The molecule has 0 aromatic carbocycles. The van der Waals surface area contributed by atoms with Crippen molar-refractivity contribution >= 4 is 5.91 Å². The second-order valence-corrected chi connectivity index (χ2v) is 22.5. The van der Waals surface area contributed by atoms with Crippen LogP contribution < -0.4 is 5.32 Å². The maximum Gasteiger partial charge on any atom is 0.220 e. The average molecular weight is 1030 g/mol. The minimum absolute atomic E-state index is 0.0753. The molecule has 0 spiro atoms. The molecule has 0 heterocycles. The van der Waals surface area contributed by atoms with Crippen molar-refractivity contribution < 1.29 is 15.0 Å². The zero-order valence-corrected chi connectivity index (χ0v) is 49.9. The second-order valence-electron chi connectivity index (χ2n) is 22.5. The smallest absolute Gasteiger partial charge is 0.220 e. The summed E-state index contributed by atoms with van der Waals surface area (Å²) in [7, 11) is 0. The van der Waals surface area contributed by atoms with Crippen molar-refractivity contribution in [1.29, 1.82) is 0 Å². The first-order valence-corrected chi connectivity index (χ1v) is 33.2. The summed E-state index contributed by atoms with van der Waals surface area (Å²) in [6, 6.07) is -0.650. The highest BCUT2D eigenvalue weighted by Crippen LogP contribution is 2.18. The van der Waals surface area contributed by atoms with Crippen molar-refractivity contribution in [2.45, 2.75) is 360 Å². The third-order valence-electron chi connectivity index (χ3n) is 15.1. The van der Waals surface area contributed by atoms with Gasteiger partial charge in [0, 0.05) is 6.42 Å². The van der Waals surface area contributed by atoms with Crippen LogP contribution in [-0.4, -0.2) is 34.9 Å². The predicted molar refractivity (Wildman–Crippen MR) is 331 cm³/mol. The van der Waals surface area contributed by atoms with E-state index >= 15 is 0 Å². The molecule has 0 aliphatic rings. The molecule has 0 aromatic rings. The van der Waals surface area contributed by atoms with E-state index in [1.807, 2.05) is 6.08 Å². The lowest BCUT2D eigenvalue weighted by molar-refractivity contribution is -0.123. The minimum Gasteiger partial charge on any atom is -0.394 e. The van der Waals surface area contributed by atoms with Crippen molar-refractivity contribution in [2.24, 2.45) is 0 Å². The number of aliphatic hydroxyl groups excluding tert-OH is 2. The van der Waals surface area contributed by atoms with Crippen molar-refractivity contribution in [3.05, 3.63) is 72.9 Å². The average Bonchev–Trinajstić information content (AvgIpc) is 3.40. The Morgan fingerprint density at radius 2 is 0.568 bits per heavy atom. The lowest BCUT2D eigenvalue weighted by Crippen LogP contribution is -2.45. The molecule has 0 aliphatic carbocycles. The predicted octanol–water partition coefficient (Wildman–Crippen LogP) is 22.5. The van der Waals surface area contributed by atoms with Gasteiger partial charge >= 0.3 is 0 Å². The van der Waals surface area contributed by atoms with Crippen LogP contribution in [-0.2, 0) is 4.79 Å². The molecule has 0 saturated heterocycles. The van der Waals surface area contributed by atoms with Crippen molar-refractivity contribution in [3.63, 3.8) is 0 Å². The number of rotatable bonds is 61. The van der Waals surface area contributed by atoms with Crippen LogP contribution in [0.15, 0.2) is 72.9 Å². The van der Waals surface area contributed by atoms with E-state index in [4.69, 9.17) is 0 Å². The standard InChI is InChI=1S/C70H129NO3/c1-3-5-7-9-11-13-15-17-19-21-23-25-27-29-31-33-35-37-39-41-43-45-47-49-51-53-55-57-59-61-63-65-69(73)68(67-72)71-70(74)66-64-62-60-58-56-54-52-50-48-46-44-42-40-38-36-34-32-30-28-26-24-22-20-18-16-14-12-10-8-6-4-2/h16,18,22,24,28,30,47,49,55,57,63,65,68-69,72-73H,3-15,17,19-21,23,25-27,29,31-46,48,50-54,56,58-62,64,66-67H2,1-2H3,(H,71,74)/b18-16-,24-22-,30-28-,49-47+,57-55+,65-63+. The van der Waals surface area contributed by atoms with Crippen LogP contribution in [0.1, 0.15) is 348 Å². The molecule has 4 heteroatoms. The molecule has 1 amide bonds. The zero-order chi connectivity index (χ0) is 53.4. The van der Waals surface area contributed by atoms with E-state index < -0.39 is 12.1 Å². The molecule has 0 fully saturated rings. The lowest BCUT2D eigenvalue weighted by Gasteiger charge is -2.19. The van der Waals surface area contributed by atoms with Gasteiger partial charge in [0.2, 0.25) is 5.91 Å². The topological polar surface area (TPSA) is 69.6 Å². The van der Waals surface area contributed by atoms with E-state index in [2.05, 4.69) is 79.9 Å². The molecule has 0 aromatic heterocycles. The molecular weight excluding hydrogens is 903 g/mol. The van der Waals surface area contributed by atoms with Gasteiger partial charge in [-0.1, -0.05) is 331 Å². The third kappa shape index (κ3) is 60.7. The summed E-state index contributed by atoms with van der Waals surface area (Å²) in [5.74, 6) is -0.0753. The molecule has 2 atom stereocenters. The van der Waals surface area contributed by atoms with Crippen LogP contribution >= 0.6 is 0 Å². The van der Waals surface area contributed by atoms with Gasteiger partial charge in [-0.05, 0) is 83.5 Å². The monoisotopic (exact) mass is 1030 g/mol. The maximum atomic E-state index is 12.5. The SMILES string of the molecule is CCCCCCC/C=C\C/C=C\C/C=C\CCCCCCCCCCCCCCCCCCC(=O)NC(CO)C(O)/C=C/CC/C=C/CC/C=C/CCCCCCCCCCCCCCCCCCCCCCC. The summed E-state index contributed by atoms with van der Waals surface area (Å²) in [5, 5.41) is 23.2. The van der Waals surface area contributed by atoms with E-state index in [0.717, 1.165) is 51.4 Å². The second kappa shape index (κ2) is 65.1. The third-order valence-corrected chi connectivity index (χ3v) is 15.1. The number of aliphatic hydroxyl groups is 2. The molecule has 74 heavy (non-hydrogen) atoms.